The van der Waals surface area contributed by atoms with Crippen molar-refractivity contribution in [2.45, 2.75) is 27.7 Å². The molecule has 0 saturated carbocycles. The average Bonchev–Trinajstić information content (AvgIpc) is 4.03. The van der Waals surface area contributed by atoms with E-state index >= 15 is 0 Å². The maximum Gasteiger partial charge on any atom is -0.000696 e. The molecule has 0 aromatic heterocycles. The standard InChI is InChI=1S/C72H44/c1-37-29-38(2)32-44(31-37)61-58-35-42-15-8-9-16-43(42)36-59(58)62(45-33-39(3)30-40(4)34-45)71-56-27-23-50-52-24-28-57-67-54(25-21-51(64(52)67)49-22-26-55(70(61)71)66(56)63(49)50)69-60(41-13-6-5-7-14-41)53-20-12-19-47-46-17-10-11-18-48(46)68(65(47)53)72(57)69/h5-36H,1-4H3. The summed E-state index contributed by atoms with van der Waals surface area (Å²) in [5, 5.41) is 29.5. The average molecular weight is 909 g/mol. The van der Waals surface area contributed by atoms with Gasteiger partial charge in [0.25, 0.3) is 0 Å². The van der Waals surface area contributed by atoms with Crippen LogP contribution < -0.4 is 0 Å². The molecule has 0 fully saturated rings. The van der Waals surface area contributed by atoms with E-state index in [9.17, 15) is 0 Å². The van der Waals surface area contributed by atoms with Gasteiger partial charge in [-0.05, 0) is 214 Å². The highest BCUT2D eigenvalue weighted by Crippen LogP contribution is 2.61. The Labute approximate surface area is 416 Å². The van der Waals surface area contributed by atoms with E-state index in [1.807, 2.05) is 0 Å². The van der Waals surface area contributed by atoms with Gasteiger partial charge in [0.2, 0.25) is 0 Å². The first-order valence-electron chi connectivity index (χ1n) is 25.6. The van der Waals surface area contributed by atoms with Crippen LogP contribution in [0.4, 0.5) is 0 Å². The monoisotopic (exact) mass is 908 g/mol. The summed E-state index contributed by atoms with van der Waals surface area (Å²) in [5.41, 5.74) is 18.3. The predicted molar refractivity (Wildman–Crippen MR) is 312 cm³/mol. The SMILES string of the molecule is Cc1cc(C)cc(-c2c3c(c(-c4cc(C)cc(C)c4)c4cc5ccccc5cc24)-c2ccc4c5ccc6c7c(ccc(c8ccc-3c2c84)c57)c2c(-c3ccccc3)c3cccc4c5ccccc5c(c34)c62)c1. The van der Waals surface area contributed by atoms with Crippen LogP contribution in [0.2, 0.25) is 0 Å². The molecule has 1 aliphatic carbocycles. The number of benzene rings is 14. The lowest BCUT2D eigenvalue weighted by molar-refractivity contribution is 1.38. The highest BCUT2D eigenvalue weighted by molar-refractivity contribution is 6.51. The molecule has 0 heterocycles. The van der Waals surface area contributed by atoms with Gasteiger partial charge in [-0.2, -0.15) is 0 Å². The Balaban J connectivity index is 1.05. The van der Waals surface area contributed by atoms with Gasteiger partial charge in [0, 0.05) is 0 Å². The van der Waals surface area contributed by atoms with Gasteiger partial charge < -0.3 is 0 Å². The first-order chi connectivity index (χ1) is 35.4. The molecule has 332 valence electrons. The van der Waals surface area contributed by atoms with Gasteiger partial charge in [-0.1, -0.05) is 204 Å². The number of hydrogen-bond acceptors (Lipinski definition) is 0. The minimum absolute atomic E-state index is 1.26. The van der Waals surface area contributed by atoms with E-state index in [4.69, 9.17) is 0 Å². The number of rotatable bonds is 3. The molecule has 0 heteroatoms. The molecule has 16 aromatic carbocycles. The zero-order chi connectivity index (χ0) is 47.4. The molecule has 0 bridgehead atoms. The Hall–Kier alpha value is -8.84. The van der Waals surface area contributed by atoms with Crippen LogP contribution in [0.1, 0.15) is 22.3 Å². The van der Waals surface area contributed by atoms with Crippen molar-refractivity contribution < 1.29 is 0 Å². The normalized spacial score (nSPS) is 12.7. The summed E-state index contributed by atoms with van der Waals surface area (Å²) in [6, 6.07) is 75.2. The molecule has 0 nitrogen and oxygen atoms in total. The van der Waals surface area contributed by atoms with Crippen molar-refractivity contribution in [3.63, 3.8) is 0 Å². The van der Waals surface area contributed by atoms with Gasteiger partial charge in [0.15, 0.2) is 0 Å². The molecule has 0 amide bonds. The fourth-order valence-corrected chi connectivity index (χ4v) is 14.7. The van der Waals surface area contributed by atoms with Gasteiger partial charge in [0.1, 0.15) is 0 Å². The molecule has 72 heavy (non-hydrogen) atoms. The van der Waals surface area contributed by atoms with Crippen molar-refractivity contribution in [1.29, 1.82) is 0 Å². The first-order valence-corrected chi connectivity index (χ1v) is 25.6. The van der Waals surface area contributed by atoms with Crippen LogP contribution in [0.3, 0.4) is 0 Å². The van der Waals surface area contributed by atoms with E-state index in [0.29, 0.717) is 0 Å². The second-order valence-corrected chi connectivity index (χ2v) is 21.3. The van der Waals surface area contributed by atoms with Crippen LogP contribution in [-0.2, 0) is 0 Å². The van der Waals surface area contributed by atoms with Gasteiger partial charge in [-0.3, -0.25) is 0 Å². The van der Waals surface area contributed by atoms with E-state index in [2.05, 4.69) is 222 Å². The van der Waals surface area contributed by atoms with Gasteiger partial charge in [0.05, 0.1) is 0 Å². The van der Waals surface area contributed by atoms with E-state index < -0.39 is 0 Å². The highest BCUT2D eigenvalue weighted by atomic mass is 14.4. The Morgan fingerprint density at radius 3 is 1.17 bits per heavy atom. The third kappa shape index (κ3) is 4.78. The quantitative estimate of drug-likeness (QED) is 0.122. The molecule has 0 N–H and O–H groups in total. The lowest BCUT2D eigenvalue weighted by Crippen LogP contribution is -1.95. The third-order valence-corrected chi connectivity index (χ3v) is 17.1. The fraction of sp³-hybridized carbons (Fsp3) is 0.0556. The Kier molecular flexibility index (Phi) is 7.31. The molecular formula is C72H44. The molecule has 17 rings (SSSR count). The second-order valence-electron chi connectivity index (χ2n) is 21.3. The van der Waals surface area contributed by atoms with Crippen molar-refractivity contribution in [3.05, 3.63) is 216 Å². The van der Waals surface area contributed by atoms with E-state index in [1.54, 1.807) is 0 Å². The summed E-state index contributed by atoms with van der Waals surface area (Å²) < 4.78 is 0. The van der Waals surface area contributed by atoms with Crippen LogP contribution in [0.25, 0.3) is 174 Å². The zero-order valence-corrected chi connectivity index (χ0v) is 40.5. The summed E-state index contributed by atoms with van der Waals surface area (Å²) in [4.78, 5) is 0. The topological polar surface area (TPSA) is 0 Å². The van der Waals surface area contributed by atoms with Crippen LogP contribution in [0.15, 0.2) is 194 Å². The van der Waals surface area contributed by atoms with E-state index in [0.717, 1.165) is 0 Å². The minimum Gasteiger partial charge on any atom is -0.0622 e. The Morgan fingerprint density at radius 2 is 0.583 bits per heavy atom. The van der Waals surface area contributed by atoms with E-state index in [-0.39, 0.29) is 0 Å². The summed E-state index contributed by atoms with van der Waals surface area (Å²) in [7, 11) is 0. The molecule has 0 spiro atoms. The van der Waals surface area contributed by atoms with Gasteiger partial charge in [-0.15, -0.1) is 0 Å². The molecule has 16 aromatic rings. The molecule has 0 atom stereocenters. The lowest BCUT2D eigenvalue weighted by atomic mass is 9.81. The van der Waals surface area contributed by atoms with Crippen molar-refractivity contribution in [3.8, 4) is 55.6 Å². The molecule has 0 saturated heterocycles. The summed E-state index contributed by atoms with van der Waals surface area (Å²) in [6.07, 6.45) is 0. The van der Waals surface area contributed by atoms with Crippen molar-refractivity contribution in [1.82, 2.24) is 0 Å². The highest BCUT2D eigenvalue weighted by Gasteiger charge is 2.34. The van der Waals surface area contributed by atoms with Crippen LogP contribution in [0, 0.1) is 27.7 Å². The largest absolute Gasteiger partial charge is 0.0622 e. The van der Waals surface area contributed by atoms with Crippen molar-refractivity contribution in [2.75, 3.05) is 0 Å². The van der Waals surface area contributed by atoms with Crippen LogP contribution in [0.5, 0.6) is 0 Å². The van der Waals surface area contributed by atoms with Crippen molar-refractivity contribution >= 4 is 118 Å². The number of fused-ring (bicyclic) bond motifs is 14. The second kappa shape index (κ2) is 13.5. The Bertz CT molecular complexity index is 4890. The molecular weight excluding hydrogens is 865 g/mol. The maximum atomic E-state index is 2.49. The fourth-order valence-electron chi connectivity index (χ4n) is 14.7. The zero-order valence-electron chi connectivity index (χ0n) is 40.5. The van der Waals surface area contributed by atoms with Gasteiger partial charge >= 0.3 is 0 Å². The number of hydrogen-bond donors (Lipinski definition) is 0. The third-order valence-electron chi connectivity index (χ3n) is 17.1. The lowest BCUT2D eigenvalue weighted by Gasteiger charge is -2.22. The summed E-state index contributed by atoms with van der Waals surface area (Å²) in [5.74, 6) is 0. The summed E-state index contributed by atoms with van der Waals surface area (Å²) >= 11 is 0. The smallest absolute Gasteiger partial charge is 0.000696 e. The van der Waals surface area contributed by atoms with Gasteiger partial charge in [-0.25, -0.2) is 0 Å². The van der Waals surface area contributed by atoms with Crippen LogP contribution in [-0.4, -0.2) is 0 Å². The maximum absolute atomic E-state index is 2.49. The summed E-state index contributed by atoms with van der Waals surface area (Å²) in [6.45, 7) is 8.99. The van der Waals surface area contributed by atoms with Crippen LogP contribution >= 0.6 is 0 Å². The number of aryl methyl sites for hydroxylation is 4. The first kappa shape index (κ1) is 38.9. The molecule has 0 radical (unpaired) electrons. The molecule has 1 aliphatic rings. The van der Waals surface area contributed by atoms with E-state index in [1.165, 1.54) is 196 Å². The Morgan fingerprint density at radius 1 is 0.194 bits per heavy atom. The molecule has 0 unspecified atom stereocenters. The van der Waals surface area contributed by atoms with Crippen molar-refractivity contribution in [2.24, 2.45) is 0 Å². The minimum atomic E-state index is 1.26. The molecule has 0 aliphatic heterocycles. The predicted octanol–water partition coefficient (Wildman–Crippen LogP) is 20.6.